The maximum Gasteiger partial charge on any atom is 0.340 e. The smallest absolute Gasteiger partial charge is 0.340 e. The number of nitrogens with zero attached hydrogens (tertiary/aromatic N) is 1. The van der Waals surface area contributed by atoms with E-state index >= 15 is 0 Å². The van der Waals surface area contributed by atoms with Gasteiger partial charge in [-0.3, -0.25) is 9.69 Å². The Bertz CT molecular complexity index is 1090. The van der Waals surface area contributed by atoms with Crippen molar-refractivity contribution >= 4 is 20.1 Å². The molecule has 1 aliphatic carbocycles. The number of aromatic amines is 1. The van der Waals surface area contributed by atoms with Crippen LogP contribution >= 0.6 is 0 Å². The summed E-state index contributed by atoms with van der Waals surface area (Å²) >= 11 is 0. The summed E-state index contributed by atoms with van der Waals surface area (Å²) in [5.41, 5.74) is 3.29. The second-order valence-corrected chi connectivity index (χ2v) is 15.9. The Morgan fingerprint density at radius 2 is 1.91 bits per heavy atom. The van der Waals surface area contributed by atoms with Crippen LogP contribution in [0.25, 0.3) is 0 Å². The molecule has 2 aliphatic rings. The minimum atomic E-state index is -2.17. The second kappa shape index (κ2) is 9.65. The zero-order valence-corrected chi connectivity index (χ0v) is 22.7. The number of nitrogens with one attached hydrogen (secondary N) is 1. The van der Waals surface area contributed by atoms with E-state index in [4.69, 9.17) is 9.16 Å². The van der Waals surface area contributed by atoms with Crippen molar-refractivity contribution in [2.75, 3.05) is 13.2 Å². The number of carbonyl (C=O) groups is 2. The highest BCUT2D eigenvalue weighted by Gasteiger charge is 2.52. The number of aliphatic hydroxyl groups is 1. The number of ether oxygens (including phenoxy) is 1. The Morgan fingerprint density at radius 3 is 2.51 bits per heavy atom. The Labute approximate surface area is 208 Å². The first-order valence-corrected chi connectivity index (χ1v) is 15.5. The van der Waals surface area contributed by atoms with Gasteiger partial charge in [-0.05, 0) is 37.0 Å². The fourth-order valence-corrected chi connectivity index (χ4v) is 6.11. The molecule has 1 aromatic heterocycles. The molecule has 2 heterocycles. The van der Waals surface area contributed by atoms with Crippen LogP contribution in [-0.4, -0.2) is 54.3 Å². The lowest BCUT2D eigenvalue weighted by molar-refractivity contribution is 0.0517. The van der Waals surface area contributed by atoms with Gasteiger partial charge in [-0.2, -0.15) is 0 Å². The molecule has 2 aromatic rings. The summed E-state index contributed by atoms with van der Waals surface area (Å²) in [6, 6.07) is 9.69. The molecule has 4 atom stereocenters. The van der Waals surface area contributed by atoms with E-state index in [0.29, 0.717) is 41.9 Å². The van der Waals surface area contributed by atoms with Gasteiger partial charge >= 0.3 is 5.97 Å². The summed E-state index contributed by atoms with van der Waals surface area (Å²) < 4.78 is 12.3. The molecular weight excluding hydrogens is 460 g/mol. The predicted molar refractivity (Wildman–Crippen MR) is 137 cm³/mol. The van der Waals surface area contributed by atoms with Gasteiger partial charge in [0, 0.05) is 24.2 Å². The molecule has 0 amide bonds. The van der Waals surface area contributed by atoms with Crippen molar-refractivity contribution < 1.29 is 23.9 Å². The summed E-state index contributed by atoms with van der Waals surface area (Å²) in [4.78, 5) is 31.8. The summed E-state index contributed by atoms with van der Waals surface area (Å²) in [6.45, 7) is 13.5. The van der Waals surface area contributed by atoms with E-state index < -0.39 is 14.3 Å². The molecule has 0 radical (unpaired) electrons. The molecular formula is C27H38N2O5Si. The summed E-state index contributed by atoms with van der Waals surface area (Å²) in [7, 11) is -2.17. The first kappa shape index (κ1) is 25.8. The van der Waals surface area contributed by atoms with Crippen LogP contribution in [0.15, 0.2) is 30.3 Å². The van der Waals surface area contributed by atoms with E-state index in [0.717, 1.165) is 5.56 Å². The van der Waals surface area contributed by atoms with Crippen LogP contribution in [0.2, 0.25) is 18.1 Å². The van der Waals surface area contributed by atoms with Crippen LogP contribution in [0.1, 0.15) is 90.3 Å². The van der Waals surface area contributed by atoms with E-state index in [9.17, 15) is 14.7 Å². The number of carbonyl (C=O) groups excluding carboxylic acids is 2. The molecule has 35 heavy (non-hydrogen) atoms. The van der Waals surface area contributed by atoms with Crippen molar-refractivity contribution in [3.8, 4) is 0 Å². The topological polar surface area (TPSA) is 91.6 Å². The quantitative estimate of drug-likeness (QED) is 0.297. The van der Waals surface area contributed by atoms with E-state index in [1.165, 1.54) is 0 Å². The van der Waals surface area contributed by atoms with Gasteiger partial charge in [-0.15, -0.1) is 0 Å². The Morgan fingerprint density at radius 1 is 1.23 bits per heavy atom. The number of esters is 1. The Balaban J connectivity index is 1.77. The van der Waals surface area contributed by atoms with Crippen molar-refractivity contribution in [1.82, 2.24) is 9.88 Å². The maximum atomic E-state index is 13.3. The minimum Gasteiger partial charge on any atom is -0.462 e. The number of aliphatic hydroxyl groups excluding tert-OH is 1. The van der Waals surface area contributed by atoms with E-state index in [1.807, 2.05) is 30.3 Å². The maximum absolute atomic E-state index is 13.3. The zero-order valence-electron chi connectivity index (χ0n) is 21.7. The highest BCUT2D eigenvalue weighted by Crippen LogP contribution is 2.50. The molecule has 7 nitrogen and oxygen atoms in total. The van der Waals surface area contributed by atoms with Crippen LogP contribution in [0.4, 0.5) is 0 Å². The van der Waals surface area contributed by atoms with Crippen molar-refractivity contribution in [2.45, 2.75) is 83.4 Å². The minimum absolute atomic E-state index is 0.0111. The molecule has 8 heteroatoms. The third kappa shape index (κ3) is 4.89. The number of rotatable bonds is 8. The number of benzene rings is 1. The van der Waals surface area contributed by atoms with E-state index in [2.05, 4.69) is 43.7 Å². The normalized spacial score (nSPS) is 24.3. The van der Waals surface area contributed by atoms with Crippen LogP contribution in [0.5, 0.6) is 0 Å². The monoisotopic (exact) mass is 498 g/mol. The lowest BCUT2D eigenvalue weighted by Crippen LogP contribution is -2.42. The summed E-state index contributed by atoms with van der Waals surface area (Å²) in [6.07, 6.45) is 0.571. The van der Waals surface area contributed by atoms with Gasteiger partial charge in [-0.1, -0.05) is 51.1 Å². The first-order valence-electron chi connectivity index (χ1n) is 12.5. The molecule has 4 rings (SSSR count). The fourth-order valence-electron chi connectivity index (χ4n) is 4.81. The number of Topliss-reactive ketones (excluding diaryl/α,β-unsaturated/α-hetero) is 1. The van der Waals surface area contributed by atoms with Gasteiger partial charge in [0.1, 0.15) is 0 Å². The molecule has 1 aromatic carbocycles. The molecule has 2 N–H and O–H groups in total. The van der Waals surface area contributed by atoms with Crippen LogP contribution in [-0.2, 0) is 15.7 Å². The summed E-state index contributed by atoms with van der Waals surface area (Å²) in [5.74, 6) is -0.454. The predicted octanol–water partition coefficient (Wildman–Crippen LogP) is 5.15. The number of hydrogen-bond acceptors (Lipinski definition) is 6. The van der Waals surface area contributed by atoms with Gasteiger partial charge in [0.05, 0.1) is 42.7 Å². The largest absolute Gasteiger partial charge is 0.462 e. The Kier molecular flexibility index (Phi) is 7.12. The third-order valence-corrected chi connectivity index (χ3v) is 12.3. The van der Waals surface area contributed by atoms with Crippen molar-refractivity contribution in [3.63, 3.8) is 0 Å². The second-order valence-electron chi connectivity index (χ2n) is 11.1. The molecule has 1 fully saturated rings. The molecule has 2 unspecified atom stereocenters. The lowest BCUT2D eigenvalue weighted by Gasteiger charge is -2.40. The van der Waals surface area contributed by atoms with Gasteiger partial charge in [0.2, 0.25) is 0 Å². The molecule has 1 saturated heterocycles. The average molecular weight is 499 g/mol. The molecule has 190 valence electrons. The van der Waals surface area contributed by atoms with E-state index in [-0.39, 0.29) is 42.2 Å². The SMILES string of the molecule is CCOC(=O)c1c([C@@H]2[C@H](CO)N2Cc2ccccc2)[nH]c2c1C(O[Si](C)(C)C(C)(C)C)CCC2=O. The number of hydrogen-bond donors (Lipinski definition) is 2. The number of H-pyrrole nitrogens is 1. The molecule has 0 bridgehead atoms. The highest BCUT2D eigenvalue weighted by atomic mass is 28.4. The van der Waals surface area contributed by atoms with Gasteiger partial charge in [0.15, 0.2) is 14.1 Å². The highest BCUT2D eigenvalue weighted by molar-refractivity contribution is 6.74. The van der Waals surface area contributed by atoms with Crippen molar-refractivity contribution in [3.05, 3.63) is 58.4 Å². The van der Waals surface area contributed by atoms with Gasteiger partial charge in [-0.25, -0.2) is 4.79 Å². The summed E-state index contributed by atoms with van der Waals surface area (Å²) in [5, 5.41) is 10.1. The molecule has 1 aliphatic heterocycles. The van der Waals surface area contributed by atoms with Crippen LogP contribution in [0, 0.1) is 0 Å². The van der Waals surface area contributed by atoms with Gasteiger partial charge in [0.25, 0.3) is 0 Å². The van der Waals surface area contributed by atoms with E-state index in [1.54, 1.807) is 6.92 Å². The van der Waals surface area contributed by atoms with Crippen LogP contribution in [0.3, 0.4) is 0 Å². The molecule has 0 saturated carbocycles. The third-order valence-electron chi connectivity index (χ3n) is 7.77. The lowest BCUT2D eigenvalue weighted by atomic mass is 9.90. The van der Waals surface area contributed by atoms with Crippen molar-refractivity contribution in [2.24, 2.45) is 0 Å². The van der Waals surface area contributed by atoms with Crippen LogP contribution < -0.4 is 0 Å². The number of fused-ring (bicyclic) bond motifs is 1. The standard InChI is InChI=1S/C27H38N2O5Si/c1-7-33-26(32)22-21-20(34-35(5,6)27(2,3)4)14-13-19(31)23(21)28-24(22)25-18(16-30)29(25)15-17-11-9-8-10-12-17/h8-12,18,20,25,28,30H,7,13-16H2,1-6H3/t18-,20?,25-,29?/m0/s1. The average Bonchev–Trinajstić information content (AvgIpc) is 3.31. The molecule has 0 spiro atoms. The number of aromatic nitrogens is 1. The number of ketones is 1. The first-order chi connectivity index (χ1) is 16.5. The van der Waals surface area contributed by atoms with Crippen molar-refractivity contribution in [1.29, 1.82) is 0 Å². The fraction of sp³-hybridized carbons (Fsp3) is 0.556. The Hall–Kier alpha value is -2.26. The zero-order chi connectivity index (χ0) is 25.5. The van der Waals surface area contributed by atoms with Gasteiger partial charge < -0.3 is 19.3 Å².